The Morgan fingerprint density at radius 3 is 1.54 bits per heavy atom. The average Bonchev–Trinajstić information content (AvgIpc) is 2.25. The van der Waals surface area contributed by atoms with Gasteiger partial charge in [0.15, 0.2) is 0 Å². The van der Waals surface area contributed by atoms with E-state index in [0.29, 0.717) is 0 Å². The lowest BCUT2D eigenvalue weighted by molar-refractivity contribution is -0.159. The first-order valence-corrected chi connectivity index (χ1v) is 3.80. The van der Waals surface area contributed by atoms with Crippen molar-refractivity contribution in [1.29, 1.82) is 0 Å². The van der Waals surface area contributed by atoms with Gasteiger partial charge in [0, 0.05) is 13.1 Å². The molecule has 0 aromatic carbocycles. The predicted molar refractivity (Wildman–Crippen MR) is 38.1 cm³/mol. The minimum atomic E-state index is -0.887. The maximum absolute atomic E-state index is 11.1. The second kappa shape index (κ2) is 2.38. The molecule has 3 rings (SSSR count). The summed E-state index contributed by atoms with van der Waals surface area (Å²) in [5, 5.41) is 0. The maximum atomic E-state index is 11.1. The lowest BCUT2D eigenvalue weighted by Crippen LogP contribution is -2.53. The molecule has 0 aromatic rings. The zero-order valence-electron chi connectivity index (χ0n) is 6.65. The molecule has 6 nitrogen and oxygen atoms in total. The molecule has 3 saturated heterocycles. The van der Waals surface area contributed by atoms with Crippen LogP contribution in [0.25, 0.3) is 0 Å². The number of piperazine rings is 1. The second-order valence-corrected chi connectivity index (χ2v) is 2.88. The van der Waals surface area contributed by atoms with Crippen LogP contribution in [0, 0.1) is 0 Å². The molecule has 0 unspecified atom stereocenters. The fraction of sp³-hybridized carbons (Fsp3) is 0.429. The van der Waals surface area contributed by atoms with Gasteiger partial charge in [-0.25, -0.2) is 0 Å². The first kappa shape index (κ1) is 7.90. The average molecular weight is 182 g/mol. The first-order chi connectivity index (χ1) is 6.11. The van der Waals surface area contributed by atoms with Gasteiger partial charge < -0.3 is 0 Å². The fourth-order valence-corrected chi connectivity index (χ4v) is 1.43. The smallest absolute Gasteiger partial charge is 0.274 e. The number of hydrogen-bond donors (Lipinski definition) is 0. The maximum Gasteiger partial charge on any atom is 0.319 e. The van der Waals surface area contributed by atoms with E-state index in [-0.39, 0.29) is 19.5 Å². The van der Waals surface area contributed by atoms with Gasteiger partial charge in [0.2, 0.25) is 11.8 Å². The summed E-state index contributed by atoms with van der Waals surface area (Å²) < 4.78 is 0. The third kappa shape index (κ3) is 0.947. The van der Waals surface area contributed by atoms with Gasteiger partial charge in [0.25, 0.3) is 0 Å². The first-order valence-electron chi connectivity index (χ1n) is 3.80. The van der Waals surface area contributed by atoms with Crippen LogP contribution in [0.4, 0.5) is 0 Å². The zero-order valence-corrected chi connectivity index (χ0v) is 6.65. The number of amides is 4. The molecule has 3 aliphatic heterocycles. The Hall–Kier alpha value is -1.72. The van der Waals surface area contributed by atoms with Gasteiger partial charge in [-0.05, 0) is 0 Å². The molecular weight excluding hydrogens is 176 g/mol. The molecule has 0 atom stereocenters. The van der Waals surface area contributed by atoms with Gasteiger partial charge in [0.05, 0.1) is 0 Å². The number of rotatable bonds is 0. The van der Waals surface area contributed by atoms with Crippen LogP contribution in [0.15, 0.2) is 0 Å². The molecule has 13 heavy (non-hydrogen) atoms. The number of carbonyl (C=O) groups is 4. The lowest BCUT2D eigenvalue weighted by Gasteiger charge is -2.25. The molecule has 3 fully saturated rings. The van der Waals surface area contributed by atoms with Crippen LogP contribution in [-0.2, 0) is 19.2 Å². The Bertz CT molecular complexity index is 303. The number of nitrogens with zero attached hydrogens (tertiary/aromatic N) is 2. The Labute approximate surface area is 73.1 Å². The molecule has 2 bridgehead atoms. The molecule has 0 saturated carbocycles. The highest BCUT2D eigenvalue weighted by Gasteiger charge is 2.43. The predicted octanol–water partition coefficient (Wildman–Crippen LogP) is -1.89. The van der Waals surface area contributed by atoms with Crippen molar-refractivity contribution in [2.24, 2.45) is 0 Å². The Morgan fingerprint density at radius 2 is 1.15 bits per heavy atom. The van der Waals surface area contributed by atoms with Crippen molar-refractivity contribution in [2.75, 3.05) is 13.1 Å². The number of imide groups is 2. The van der Waals surface area contributed by atoms with E-state index in [1.54, 1.807) is 0 Å². The molecule has 0 spiro atoms. The molecule has 0 aliphatic carbocycles. The zero-order chi connectivity index (χ0) is 9.59. The van der Waals surface area contributed by atoms with Crippen molar-refractivity contribution in [3.63, 3.8) is 0 Å². The third-order valence-corrected chi connectivity index (χ3v) is 2.13. The minimum Gasteiger partial charge on any atom is -0.274 e. The van der Waals surface area contributed by atoms with E-state index >= 15 is 0 Å². The van der Waals surface area contributed by atoms with E-state index in [0.717, 1.165) is 9.80 Å². The van der Waals surface area contributed by atoms with Crippen molar-refractivity contribution in [3.8, 4) is 0 Å². The summed E-state index contributed by atoms with van der Waals surface area (Å²) >= 11 is 0. The highest BCUT2D eigenvalue weighted by atomic mass is 16.2. The second-order valence-electron chi connectivity index (χ2n) is 2.88. The van der Waals surface area contributed by atoms with Gasteiger partial charge in [-0.15, -0.1) is 0 Å². The minimum absolute atomic E-state index is 0.134. The summed E-state index contributed by atoms with van der Waals surface area (Å²) in [6.45, 7) is 0.268. The largest absolute Gasteiger partial charge is 0.319 e. The standard InChI is InChI=1S/C7H6N2O4/c10-4-3-5(11)9-2-1-8(4)6(12)7(9)13/h1-3H2. The molecule has 3 aliphatic rings. The van der Waals surface area contributed by atoms with Gasteiger partial charge in [-0.2, -0.15) is 0 Å². The molecule has 68 valence electrons. The number of hydrogen-bond acceptors (Lipinski definition) is 4. The Balaban J connectivity index is 2.47. The fourth-order valence-electron chi connectivity index (χ4n) is 1.43. The molecule has 0 radical (unpaired) electrons. The molecule has 0 aromatic heterocycles. The quantitative estimate of drug-likeness (QED) is 0.249. The number of carbonyl (C=O) groups excluding carboxylic acids is 4. The van der Waals surface area contributed by atoms with E-state index in [9.17, 15) is 19.2 Å². The highest BCUT2D eigenvalue weighted by Crippen LogP contribution is 2.13. The number of fused-ring (bicyclic) bond motifs is 4. The summed E-state index contributed by atoms with van der Waals surface area (Å²) in [5.41, 5.74) is 0. The monoisotopic (exact) mass is 182 g/mol. The van der Waals surface area contributed by atoms with Crippen molar-refractivity contribution in [3.05, 3.63) is 0 Å². The Kier molecular flexibility index (Phi) is 1.45. The summed E-state index contributed by atoms with van der Waals surface area (Å²) in [4.78, 5) is 46.2. The highest BCUT2D eigenvalue weighted by molar-refractivity contribution is 6.42. The summed E-state index contributed by atoms with van der Waals surface area (Å²) in [7, 11) is 0. The van der Waals surface area contributed by atoms with E-state index in [2.05, 4.69) is 0 Å². The van der Waals surface area contributed by atoms with E-state index in [1.165, 1.54) is 0 Å². The third-order valence-electron chi connectivity index (χ3n) is 2.13. The van der Waals surface area contributed by atoms with Crippen LogP contribution < -0.4 is 0 Å². The SMILES string of the molecule is O=C1CC(=O)N2CCN1C(=O)C2=O. The molecular formula is C7H6N2O4. The van der Waals surface area contributed by atoms with Gasteiger partial charge in [-0.1, -0.05) is 0 Å². The van der Waals surface area contributed by atoms with Gasteiger partial charge >= 0.3 is 11.8 Å². The van der Waals surface area contributed by atoms with Crippen molar-refractivity contribution in [1.82, 2.24) is 9.80 Å². The molecule has 6 heteroatoms. The molecule has 4 amide bonds. The van der Waals surface area contributed by atoms with Crippen LogP contribution in [0.2, 0.25) is 0 Å². The van der Waals surface area contributed by atoms with Crippen molar-refractivity contribution >= 4 is 23.6 Å². The van der Waals surface area contributed by atoms with Crippen molar-refractivity contribution in [2.45, 2.75) is 6.42 Å². The van der Waals surface area contributed by atoms with Crippen LogP contribution in [0.5, 0.6) is 0 Å². The van der Waals surface area contributed by atoms with Gasteiger partial charge in [0.1, 0.15) is 6.42 Å². The van der Waals surface area contributed by atoms with E-state index < -0.39 is 23.6 Å². The summed E-state index contributed by atoms with van der Waals surface area (Å²) in [5.74, 6) is -2.93. The van der Waals surface area contributed by atoms with Crippen LogP contribution in [0.1, 0.15) is 6.42 Å². The van der Waals surface area contributed by atoms with Crippen LogP contribution in [-0.4, -0.2) is 46.5 Å². The van der Waals surface area contributed by atoms with Crippen molar-refractivity contribution < 1.29 is 19.2 Å². The molecule has 3 heterocycles. The Morgan fingerprint density at radius 1 is 0.769 bits per heavy atom. The van der Waals surface area contributed by atoms with E-state index in [4.69, 9.17) is 0 Å². The topological polar surface area (TPSA) is 74.8 Å². The summed E-state index contributed by atoms with van der Waals surface area (Å²) in [6.07, 6.45) is -0.378. The molecule has 0 N–H and O–H groups in total. The summed E-state index contributed by atoms with van der Waals surface area (Å²) in [6, 6.07) is 0. The lowest BCUT2D eigenvalue weighted by atomic mass is 10.3. The van der Waals surface area contributed by atoms with E-state index in [1.807, 2.05) is 0 Å². The van der Waals surface area contributed by atoms with Gasteiger partial charge in [-0.3, -0.25) is 29.0 Å². The van der Waals surface area contributed by atoms with Crippen LogP contribution >= 0.6 is 0 Å². The normalized spacial score (nSPS) is 22.8. The van der Waals surface area contributed by atoms with Crippen LogP contribution in [0.3, 0.4) is 0 Å².